The van der Waals surface area contributed by atoms with E-state index in [1.807, 2.05) is 42.5 Å². The molecule has 2 rings (SSSR count). The van der Waals surface area contributed by atoms with Gasteiger partial charge in [0.25, 0.3) is 0 Å². The zero-order chi connectivity index (χ0) is 21.3. The first kappa shape index (κ1) is 22.0. The lowest BCUT2D eigenvalue weighted by molar-refractivity contribution is -0.168. The van der Waals surface area contributed by atoms with Crippen molar-refractivity contribution < 1.29 is 28.5 Å². The Labute approximate surface area is 171 Å². The number of allylic oxidation sites excluding steroid dienone is 1. The van der Waals surface area contributed by atoms with E-state index in [4.69, 9.17) is 18.9 Å². The van der Waals surface area contributed by atoms with Crippen molar-refractivity contribution >= 4 is 18.0 Å². The third-order valence-electron chi connectivity index (χ3n) is 4.71. The largest absolute Gasteiger partial charge is 0.497 e. The Morgan fingerprint density at radius 1 is 0.793 bits per heavy atom. The van der Waals surface area contributed by atoms with Gasteiger partial charge in [0.05, 0.1) is 28.4 Å². The van der Waals surface area contributed by atoms with Gasteiger partial charge in [-0.2, -0.15) is 0 Å². The molecule has 0 aliphatic heterocycles. The van der Waals surface area contributed by atoms with E-state index >= 15 is 0 Å². The maximum Gasteiger partial charge on any atom is 0.323 e. The van der Waals surface area contributed by atoms with Crippen molar-refractivity contribution in [2.24, 2.45) is 5.41 Å². The van der Waals surface area contributed by atoms with Gasteiger partial charge >= 0.3 is 11.9 Å². The van der Waals surface area contributed by atoms with Crippen molar-refractivity contribution in [3.8, 4) is 11.5 Å². The Balaban J connectivity index is 2.32. The van der Waals surface area contributed by atoms with Crippen LogP contribution < -0.4 is 9.47 Å². The molecule has 2 aromatic rings. The quantitative estimate of drug-likeness (QED) is 0.474. The van der Waals surface area contributed by atoms with E-state index in [0.717, 1.165) is 16.9 Å². The molecule has 0 atom stereocenters. The van der Waals surface area contributed by atoms with Crippen LogP contribution in [0.15, 0.2) is 54.6 Å². The van der Waals surface area contributed by atoms with Crippen LogP contribution >= 0.6 is 0 Å². The van der Waals surface area contributed by atoms with Crippen LogP contribution in [0, 0.1) is 5.41 Å². The zero-order valence-corrected chi connectivity index (χ0v) is 17.1. The number of hydrogen-bond donors (Lipinski definition) is 0. The second kappa shape index (κ2) is 10.3. The molecule has 29 heavy (non-hydrogen) atoms. The van der Waals surface area contributed by atoms with Crippen LogP contribution in [-0.4, -0.2) is 40.4 Å². The van der Waals surface area contributed by atoms with Gasteiger partial charge in [0.15, 0.2) is 5.41 Å². The number of ether oxygens (including phenoxy) is 4. The average Bonchev–Trinajstić information content (AvgIpc) is 2.78. The van der Waals surface area contributed by atoms with Crippen molar-refractivity contribution in [3.63, 3.8) is 0 Å². The van der Waals surface area contributed by atoms with Gasteiger partial charge in [-0.15, -0.1) is 0 Å². The summed E-state index contributed by atoms with van der Waals surface area (Å²) in [5.41, 5.74) is 0.222. The SMILES string of the molecule is COC(=O)C(C/C=C/c1ccc(OC)cc1)(Cc1ccc(OC)cc1)C(=O)OC. The molecule has 154 valence electrons. The van der Waals surface area contributed by atoms with Crippen molar-refractivity contribution in [1.82, 2.24) is 0 Å². The summed E-state index contributed by atoms with van der Waals surface area (Å²) in [6.07, 6.45) is 3.89. The molecular weight excluding hydrogens is 372 g/mol. The molecule has 0 N–H and O–H groups in total. The monoisotopic (exact) mass is 398 g/mol. The molecule has 0 fully saturated rings. The summed E-state index contributed by atoms with van der Waals surface area (Å²) in [7, 11) is 5.71. The highest BCUT2D eigenvalue weighted by atomic mass is 16.5. The van der Waals surface area contributed by atoms with E-state index in [1.54, 1.807) is 32.4 Å². The minimum absolute atomic E-state index is 0.129. The second-order valence-corrected chi connectivity index (χ2v) is 6.47. The summed E-state index contributed by atoms with van der Waals surface area (Å²) in [5, 5.41) is 0. The van der Waals surface area contributed by atoms with Crippen molar-refractivity contribution in [2.45, 2.75) is 12.8 Å². The molecule has 0 saturated heterocycles. The molecule has 0 aromatic heterocycles. The third-order valence-corrected chi connectivity index (χ3v) is 4.71. The van der Waals surface area contributed by atoms with Gasteiger partial charge in [0, 0.05) is 0 Å². The lowest BCUT2D eigenvalue weighted by Crippen LogP contribution is -2.42. The van der Waals surface area contributed by atoms with E-state index in [2.05, 4.69) is 0 Å². The van der Waals surface area contributed by atoms with Gasteiger partial charge in [0.1, 0.15) is 11.5 Å². The predicted octanol–water partition coefficient (Wildman–Crippen LogP) is 3.68. The number of carbonyl (C=O) groups is 2. The van der Waals surface area contributed by atoms with Crippen LogP contribution in [0.5, 0.6) is 11.5 Å². The standard InChI is InChI=1S/C23H26O6/c1-26-19-11-7-17(8-12-19)6-5-15-23(21(24)28-3,22(25)29-4)16-18-9-13-20(27-2)14-10-18/h5-14H,15-16H2,1-4H3/b6-5+. The summed E-state index contributed by atoms with van der Waals surface area (Å²) < 4.78 is 20.3. The lowest BCUT2D eigenvalue weighted by Gasteiger charge is -2.27. The first-order chi connectivity index (χ1) is 14.0. The van der Waals surface area contributed by atoms with Crippen LogP contribution in [0.3, 0.4) is 0 Å². The first-order valence-electron chi connectivity index (χ1n) is 9.09. The summed E-state index contributed by atoms with van der Waals surface area (Å²) in [5.74, 6) is 0.161. The Kier molecular flexibility index (Phi) is 7.83. The molecule has 0 radical (unpaired) electrons. The van der Waals surface area contributed by atoms with Crippen LogP contribution in [0.1, 0.15) is 17.5 Å². The molecule has 0 saturated carbocycles. The molecule has 0 amide bonds. The maximum atomic E-state index is 12.7. The van der Waals surface area contributed by atoms with Crippen LogP contribution in [0.25, 0.3) is 6.08 Å². The van der Waals surface area contributed by atoms with E-state index in [1.165, 1.54) is 14.2 Å². The Hall–Kier alpha value is -3.28. The van der Waals surface area contributed by atoms with Gasteiger partial charge < -0.3 is 18.9 Å². The fourth-order valence-electron chi connectivity index (χ4n) is 3.06. The molecule has 0 heterocycles. The minimum atomic E-state index is -1.49. The van der Waals surface area contributed by atoms with Crippen molar-refractivity contribution in [3.05, 3.63) is 65.7 Å². The maximum absolute atomic E-state index is 12.7. The molecule has 0 bridgehead atoms. The summed E-state index contributed by atoms with van der Waals surface area (Å²) in [4.78, 5) is 25.4. The average molecular weight is 398 g/mol. The van der Waals surface area contributed by atoms with E-state index in [0.29, 0.717) is 5.75 Å². The topological polar surface area (TPSA) is 71.1 Å². The first-order valence-corrected chi connectivity index (χ1v) is 9.09. The van der Waals surface area contributed by atoms with Gasteiger partial charge in [0.2, 0.25) is 0 Å². The number of benzene rings is 2. The van der Waals surface area contributed by atoms with E-state index < -0.39 is 17.4 Å². The van der Waals surface area contributed by atoms with Gasteiger partial charge in [-0.25, -0.2) is 0 Å². The van der Waals surface area contributed by atoms with Gasteiger partial charge in [-0.1, -0.05) is 36.4 Å². The molecular formula is C23H26O6. The van der Waals surface area contributed by atoms with Crippen LogP contribution in [0.4, 0.5) is 0 Å². The number of hydrogen-bond acceptors (Lipinski definition) is 6. The molecule has 0 spiro atoms. The number of rotatable bonds is 9. The smallest absolute Gasteiger partial charge is 0.323 e. The Bertz CT molecular complexity index is 821. The number of esters is 2. The molecule has 0 unspecified atom stereocenters. The van der Waals surface area contributed by atoms with E-state index in [-0.39, 0.29) is 12.8 Å². The molecule has 6 nitrogen and oxygen atoms in total. The highest BCUT2D eigenvalue weighted by Gasteiger charge is 2.47. The fourth-order valence-corrected chi connectivity index (χ4v) is 3.06. The highest BCUT2D eigenvalue weighted by Crippen LogP contribution is 2.32. The number of carbonyl (C=O) groups excluding carboxylic acids is 2. The Morgan fingerprint density at radius 2 is 1.28 bits per heavy atom. The lowest BCUT2D eigenvalue weighted by atomic mass is 9.78. The summed E-state index contributed by atoms with van der Waals surface area (Å²) >= 11 is 0. The van der Waals surface area contributed by atoms with Gasteiger partial charge in [-0.3, -0.25) is 9.59 Å². The normalized spacial score (nSPS) is 11.2. The van der Waals surface area contributed by atoms with Crippen LogP contribution in [0.2, 0.25) is 0 Å². The summed E-state index contributed by atoms with van der Waals surface area (Å²) in [6.45, 7) is 0. The third kappa shape index (κ3) is 5.38. The van der Waals surface area contributed by atoms with E-state index in [9.17, 15) is 9.59 Å². The Morgan fingerprint density at radius 3 is 1.72 bits per heavy atom. The van der Waals surface area contributed by atoms with Crippen LogP contribution in [-0.2, 0) is 25.5 Å². The van der Waals surface area contributed by atoms with Crippen molar-refractivity contribution in [2.75, 3.05) is 28.4 Å². The minimum Gasteiger partial charge on any atom is -0.497 e. The fraction of sp³-hybridized carbons (Fsp3) is 0.304. The zero-order valence-electron chi connectivity index (χ0n) is 17.1. The molecule has 2 aromatic carbocycles. The molecule has 6 heteroatoms. The second-order valence-electron chi connectivity index (χ2n) is 6.47. The van der Waals surface area contributed by atoms with Gasteiger partial charge in [-0.05, 0) is 48.2 Å². The predicted molar refractivity (Wildman–Crippen MR) is 110 cm³/mol. The van der Waals surface area contributed by atoms with Crippen molar-refractivity contribution in [1.29, 1.82) is 0 Å². The highest BCUT2D eigenvalue weighted by molar-refractivity contribution is 6.00. The molecule has 0 aliphatic carbocycles. The number of methoxy groups -OCH3 is 4. The summed E-state index contributed by atoms with van der Waals surface area (Å²) in [6, 6.07) is 14.6. The molecule has 0 aliphatic rings.